The molecule has 9 N–H and O–H groups in total. The van der Waals surface area contributed by atoms with Gasteiger partial charge in [0, 0.05) is 85.3 Å². The molecule has 540 valence electrons. The van der Waals surface area contributed by atoms with Crippen LogP contribution in [0, 0.1) is 47.3 Å². The van der Waals surface area contributed by atoms with Crippen LogP contribution in [-0.4, -0.2) is 122 Å². The minimum atomic E-state index is -1.14. The van der Waals surface area contributed by atoms with E-state index in [0.717, 1.165) is 67.0 Å². The van der Waals surface area contributed by atoms with E-state index in [2.05, 4.69) is 38.2 Å². The summed E-state index contributed by atoms with van der Waals surface area (Å²) in [6, 6.07) is 18.6. The summed E-state index contributed by atoms with van der Waals surface area (Å²) in [6.07, 6.45) is 12.4. The molecule has 20 heteroatoms. The molecule has 0 saturated carbocycles. The predicted octanol–water partition coefficient (Wildman–Crippen LogP) is 12.4. The third-order valence-electron chi connectivity index (χ3n) is 18.8. The molecular weight excluding hydrogens is 1260 g/mol. The average Bonchev–Trinajstić information content (AvgIpc) is 1.58. The summed E-state index contributed by atoms with van der Waals surface area (Å²) in [5, 5.41) is 33.2. The third-order valence-corrected chi connectivity index (χ3v) is 19.5. The van der Waals surface area contributed by atoms with Crippen molar-refractivity contribution in [2.24, 2.45) is 58.1 Å². The molecule has 10 atom stereocenters. The summed E-state index contributed by atoms with van der Waals surface area (Å²) >= 11 is 1.47. The lowest BCUT2D eigenvalue weighted by atomic mass is 9.84. The standard InChI is InChI=1S/C78H115N7O12S/c1-11-14-18-26-52(8)68(87)44-56(30-25-39-80-53(9)79)74(92)84-67(42-54-27-21-17-22-28-54)71(90)46-58(41-55-34-36-61(86)37-35-55)76(94)85-73(51(6)7)72(91)48-63(50(4)5)77(95)83-66(38-40-98-10)70(89)47-59(43-60-49-81-64-32-24-23-31-62(60)64)75(93)82-65(33-20-16-13-3)69(88)45-57(78(96)97)29-19-15-12-2/h17,21-24,27-28,31-32,34-37,49-52,56-59,63,65-67,73,81,86H,11-16,18-20,25-26,29-30,33,38-48H2,1-10H3,(H2,79,80)(H,82,93)(H,83,95)(H,84,92)(H,85,94)(H,96,97)/t52-,56+,57-,58+,59+,63-,65-,66-,67-,73-/m0/s1. The lowest BCUT2D eigenvalue weighted by Gasteiger charge is -2.29. The Hall–Kier alpha value is -7.48. The highest BCUT2D eigenvalue weighted by atomic mass is 32.2. The van der Waals surface area contributed by atoms with Crippen LogP contribution < -0.4 is 27.0 Å². The van der Waals surface area contributed by atoms with Gasteiger partial charge in [-0.3, -0.25) is 52.9 Å². The van der Waals surface area contributed by atoms with Crippen molar-refractivity contribution in [3.05, 3.63) is 102 Å². The number of nitrogens with one attached hydrogen (secondary N) is 5. The molecular formula is C78H115N7O12S. The van der Waals surface area contributed by atoms with E-state index >= 15 is 4.79 Å². The second-order valence-corrected chi connectivity index (χ2v) is 28.7. The molecule has 4 rings (SSSR count). The fourth-order valence-electron chi connectivity index (χ4n) is 12.6. The Morgan fingerprint density at radius 2 is 1.02 bits per heavy atom. The molecule has 0 unspecified atom stereocenters. The normalized spacial score (nSPS) is 14.8. The van der Waals surface area contributed by atoms with E-state index in [0.29, 0.717) is 68.6 Å². The van der Waals surface area contributed by atoms with Crippen molar-refractivity contribution in [3.63, 3.8) is 0 Å². The van der Waals surface area contributed by atoms with Gasteiger partial charge in [0.15, 0.2) is 23.1 Å². The number of H-pyrrole nitrogens is 1. The van der Waals surface area contributed by atoms with Gasteiger partial charge in [0.05, 0.1) is 35.9 Å². The number of phenols is 1. The Labute approximate surface area is 586 Å². The fraction of sp³-hybridized carbons (Fsp3) is 0.603. The van der Waals surface area contributed by atoms with Gasteiger partial charge >= 0.3 is 5.97 Å². The number of nitrogens with zero attached hydrogens (tertiary/aromatic N) is 1. The van der Waals surface area contributed by atoms with E-state index in [9.17, 15) is 53.4 Å². The average molecular weight is 1370 g/mol. The zero-order valence-electron chi connectivity index (χ0n) is 60.1. The summed E-state index contributed by atoms with van der Waals surface area (Å²) in [5.74, 6) is -10.2. The Morgan fingerprint density at radius 1 is 0.510 bits per heavy atom. The van der Waals surface area contributed by atoms with Gasteiger partial charge in [-0.1, -0.05) is 174 Å². The molecule has 0 fully saturated rings. The van der Waals surface area contributed by atoms with Gasteiger partial charge in [-0.25, -0.2) is 0 Å². The molecule has 0 aliphatic carbocycles. The van der Waals surface area contributed by atoms with Crippen molar-refractivity contribution in [1.82, 2.24) is 26.3 Å². The Kier molecular flexibility index (Phi) is 37.7. The smallest absolute Gasteiger partial charge is 0.306 e. The SMILES string of the molecule is CCCCC[C@@H](CC(=O)[C@H](CCCCC)NC(=O)[C@@H](CC(=O)[C@H](CCSC)NC(=O)[C@@H](CC(=O)[C@@H](NC(=O)[C@@H](CC(=O)[C@H](Cc1ccccc1)NC(=O)[C@H](CCCN=C(C)N)CC(=O)[C@@H](C)CCCCC)Cc1ccc(O)cc1)C(C)C)C(C)C)Cc1c[nH]c2ccccc12)C(=O)O. The Morgan fingerprint density at radius 3 is 1.62 bits per heavy atom. The summed E-state index contributed by atoms with van der Waals surface area (Å²) in [7, 11) is 0. The van der Waals surface area contributed by atoms with E-state index in [1.54, 1.807) is 52.9 Å². The lowest BCUT2D eigenvalue weighted by molar-refractivity contribution is -0.144. The van der Waals surface area contributed by atoms with Crippen molar-refractivity contribution in [2.75, 3.05) is 18.6 Å². The topological polar surface area (TPSA) is 313 Å². The molecule has 3 aromatic carbocycles. The predicted molar refractivity (Wildman–Crippen MR) is 391 cm³/mol. The zero-order chi connectivity index (χ0) is 72.3. The van der Waals surface area contributed by atoms with Gasteiger partial charge in [-0.15, -0.1) is 0 Å². The number of nitrogens with two attached hydrogens (primary N) is 1. The van der Waals surface area contributed by atoms with Crippen LogP contribution in [-0.2, 0) is 67.2 Å². The summed E-state index contributed by atoms with van der Waals surface area (Å²) in [5.41, 5.74) is 8.78. The maximum atomic E-state index is 15.0. The number of rotatable bonds is 51. The molecule has 1 heterocycles. The molecule has 1 aromatic heterocycles. The molecule has 0 saturated heterocycles. The lowest BCUT2D eigenvalue weighted by Crippen LogP contribution is -2.51. The van der Waals surface area contributed by atoms with Crippen LogP contribution in [0.5, 0.6) is 5.75 Å². The number of aromatic hydroxyl groups is 1. The number of phenolic OH excluding ortho intramolecular Hbond substituents is 1. The molecule has 19 nitrogen and oxygen atoms in total. The van der Waals surface area contributed by atoms with Gasteiger partial charge in [-0.2, -0.15) is 11.8 Å². The van der Waals surface area contributed by atoms with E-state index in [4.69, 9.17) is 5.73 Å². The third kappa shape index (κ3) is 29.1. The summed E-state index contributed by atoms with van der Waals surface area (Å²) in [4.78, 5) is 152. The number of amidine groups is 1. The number of carbonyl (C=O) groups excluding carboxylic acids is 9. The number of hydrogen-bond donors (Lipinski definition) is 8. The van der Waals surface area contributed by atoms with E-state index in [-0.39, 0.29) is 81.0 Å². The molecule has 4 aromatic rings. The number of aromatic nitrogens is 1. The highest BCUT2D eigenvalue weighted by molar-refractivity contribution is 7.98. The second-order valence-electron chi connectivity index (χ2n) is 27.7. The molecule has 0 bridgehead atoms. The van der Waals surface area contributed by atoms with Gasteiger partial charge < -0.3 is 42.2 Å². The van der Waals surface area contributed by atoms with E-state index in [1.807, 2.05) is 81.6 Å². The number of unbranched alkanes of at least 4 members (excludes halogenated alkanes) is 6. The Balaban J connectivity index is 1.64. The number of thioether (sulfide) groups is 1. The summed E-state index contributed by atoms with van der Waals surface area (Å²) in [6.45, 7) is 17.2. The number of fused-ring (bicyclic) bond motifs is 1. The van der Waals surface area contributed by atoms with Crippen LogP contribution in [0.25, 0.3) is 10.9 Å². The number of aromatic amines is 1. The minimum absolute atomic E-state index is 0.00778. The van der Waals surface area contributed by atoms with Crippen LogP contribution in [0.3, 0.4) is 0 Å². The van der Waals surface area contributed by atoms with Gasteiger partial charge in [-0.05, 0) is 123 Å². The fourth-order valence-corrected chi connectivity index (χ4v) is 13.1. The number of carboxylic acids is 1. The van der Waals surface area contributed by atoms with Crippen molar-refractivity contribution in [3.8, 4) is 5.75 Å². The number of Topliss-reactive ketones (excluding diaryl/α,β-unsaturated/α-hetero) is 5. The number of carbonyl (C=O) groups is 10. The van der Waals surface area contributed by atoms with Crippen LogP contribution in [0.15, 0.2) is 90.1 Å². The first-order valence-corrected chi connectivity index (χ1v) is 37.4. The van der Waals surface area contributed by atoms with Crippen molar-refractivity contribution in [1.29, 1.82) is 0 Å². The molecule has 98 heavy (non-hydrogen) atoms. The highest BCUT2D eigenvalue weighted by Gasteiger charge is 2.38. The van der Waals surface area contributed by atoms with Crippen LogP contribution >= 0.6 is 11.8 Å². The van der Waals surface area contributed by atoms with Crippen LogP contribution in [0.2, 0.25) is 0 Å². The molecule has 4 amide bonds. The van der Waals surface area contributed by atoms with Gasteiger partial charge in [0.2, 0.25) is 23.6 Å². The summed E-state index contributed by atoms with van der Waals surface area (Å²) < 4.78 is 0. The largest absolute Gasteiger partial charge is 0.508 e. The minimum Gasteiger partial charge on any atom is -0.508 e. The van der Waals surface area contributed by atoms with E-state index < -0.39 is 113 Å². The number of benzene rings is 3. The monoisotopic (exact) mass is 1370 g/mol. The zero-order valence-corrected chi connectivity index (χ0v) is 60.9. The quantitative estimate of drug-likeness (QED) is 0.0116. The molecule has 0 spiro atoms. The Bertz CT molecular complexity index is 3200. The molecule has 0 radical (unpaired) electrons. The first-order valence-electron chi connectivity index (χ1n) is 36.0. The number of ketones is 5. The number of aliphatic imine (C=N–C) groups is 1. The molecule has 0 aliphatic rings. The molecule has 0 aliphatic heterocycles. The number of carboxylic acid groups (broad SMARTS) is 1. The number of para-hydroxylation sites is 1. The van der Waals surface area contributed by atoms with Crippen molar-refractivity contribution >= 4 is 87.0 Å². The number of amides is 4. The first-order chi connectivity index (χ1) is 46.8. The first kappa shape index (κ1) is 82.9. The van der Waals surface area contributed by atoms with Crippen LogP contribution in [0.1, 0.15) is 207 Å². The van der Waals surface area contributed by atoms with Gasteiger partial charge in [0.1, 0.15) is 11.5 Å². The number of hydrogen-bond acceptors (Lipinski definition) is 13. The van der Waals surface area contributed by atoms with Gasteiger partial charge in [0.25, 0.3) is 0 Å². The maximum absolute atomic E-state index is 15.0. The second kappa shape index (κ2) is 44.5. The van der Waals surface area contributed by atoms with Crippen molar-refractivity contribution in [2.45, 2.75) is 234 Å². The highest BCUT2D eigenvalue weighted by Crippen LogP contribution is 2.28. The van der Waals surface area contributed by atoms with Crippen LogP contribution in [0.4, 0.5) is 0 Å². The van der Waals surface area contributed by atoms with Crippen molar-refractivity contribution < 1.29 is 58.2 Å². The maximum Gasteiger partial charge on any atom is 0.306 e. The number of aliphatic carboxylic acids is 1. The van der Waals surface area contributed by atoms with E-state index in [1.165, 1.54) is 23.9 Å².